The van der Waals surface area contributed by atoms with Crippen molar-refractivity contribution in [1.82, 2.24) is 15.0 Å². The largest absolute Gasteiger partial charge is 0.497 e. The van der Waals surface area contributed by atoms with Gasteiger partial charge in [0.25, 0.3) is 0 Å². The van der Waals surface area contributed by atoms with Crippen LogP contribution in [0, 0.1) is 5.92 Å². The quantitative estimate of drug-likeness (QED) is 0.177. The van der Waals surface area contributed by atoms with E-state index in [0.29, 0.717) is 29.5 Å². The third kappa shape index (κ3) is 7.29. The molecule has 44 heavy (non-hydrogen) atoms. The number of ketones is 1. The maximum absolute atomic E-state index is 13.6. The Bertz CT molecular complexity index is 1460. The Morgan fingerprint density at radius 2 is 1.84 bits per heavy atom. The number of hydrogen-bond acceptors (Lipinski definition) is 10. The molecule has 5 rings (SSSR count). The molecule has 0 amide bonds. The minimum absolute atomic E-state index is 0.0450. The number of esters is 1. The average Bonchev–Trinajstić information content (AvgIpc) is 3.03. The van der Waals surface area contributed by atoms with Crippen LogP contribution in [0.4, 0.5) is 17.5 Å². The van der Waals surface area contributed by atoms with Crippen molar-refractivity contribution >= 4 is 29.2 Å². The summed E-state index contributed by atoms with van der Waals surface area (Å²) in [7, 11) is 1.57. The van der Waals surface area contributed by atoms with E-state index in [1.165, 1.54) is 5.56 Å². The number of rotatable bonds is 10. The maximum atomic E-state index is 13.6. The van der Waals surface area contributed by atoms with E-state index in [-0.39, 0.29) is 12.3 Å². The highest BCUT2D eigenvalue weighted by molar-refractivity contribution is 6.09. The SMILES string of the molecule is CCc1c(NCC(C(=O)OC(C)(C)C)C(=O)c2ccc(OC)cc2)ncnc1N1CCC(c2ccc3c(n2)NCCC3)CC1. The third-order valence-electron chi connectivity index (χ3n) is 8.26. The van der Waals surface area contributed by atoms with Gasteiger partial charge in [0, 0.05) is 48.9 Å². The Morgan fingerprint density at radius 1 is 1.09 bits per heavy atom. The zero-order chi connectivity index (χ0) is 31.3. The molecule has 0 radical (unpaired) electrons. The zero-order valence-electron chi connectivity index (χ0n) is 26.5. The Kier molecular flexibility index (Phi) is 9.66. The first kappa shape index (κ1) is 31.2. The van der Waals surface area contributed by atoms with Crippen LogP contribution >= 0.6 is 0 Å². The molecule has 4 heterocycles. The van der Waals surface area contributed by atoms with E-state index < -0.39 is 17.5 Å². The number of methoxy groups -OCH3 is 1. The van der Waals surface area contributed by atoms with E-state index in [9.17, 15) is 9.59 Å². The number of anilines is 3. The molecule has 10 nitrogen and oxygen atoms in total. The van der Waals surface area contributed by atoms with Crippen molar-refractivity contribution in [1.29, 1.82) is 0 Å². The van der Waals surface area contributed by atoms with Gasteiger partial charge in [-0.05, 0) is 88.8 Å². The molecule has 0 saturated carbocycles. The van der Waals surface area contributed by atoms with Crippen LogP contribution in [0.25, 0.3) is 0 Å². The topological polar surface area (TPSA) is 119 Å². The number of nitrogens with one attached hydrogen (secondary N) is 2. The minimum atomic E-state index is -1.06. The van der Waals surface area contributed by atoms with E-state index >= 15 is 0 Å². The smallest absolute Gasteiger partial charge is 0.319 e. The number of hydrogen-bond donors (Lipinski definition) is 2. The van der Waals surface area contributed by atoms with E-state index in [2.05, 4.69) is 44.6 Å². The number of piperidine rings is 1. The second-order valence-corrected chi connectivity index (χ2v) is 12.5. The zero-order valence-corrected chi connectivity index (χ0v) is 26.5. The second-order valence-electron chi connectivity index (χ2n) is 12.5. The Balaban J connectivity index is 1.30. The average molecular weight is 601 g/mol. The first-order valence-corrected chi connectivity index (χ1v) is 15.6. The van der Waals surface area contributed by atoms with E-state index in [1.807, 2.05) is 0 Å². The summed E-state index contributed by atoms with van der Waals surface area (Å²) in [5.74, 6) is 1.64. The van der Waals surface area contributed by atoms with Crippen molar-refractivity contribution in [2.75, 3.05) is 48.8 Å². The van der Waals surface area contributed by atoms with Crippen molar-refractivity contribution in [2.24, 2.45) is 5.92 Å². The summed E-state index contributed by atoms with van der Waals surface area (Å²) in [4.78, 5) is 43.3. The molecule has 2 aliphatic heterocycles. The van der Waals surface area contributed by atoms with Crippen LogP contribution in [0.15, 0.2) is 42.7 Å². The van der Waals surface area contributed by atoms with Crippen molar-refractivity contribution in [2.45, 2.75) is 71.3 Å². The van der Waals surface area contributed by atoms with Gasteiger partial charge in [0.2, 0.25) is 0 Å². The lowest BCUT2D eigenvalue weighted by molar-refractivity contribution is -0.157. The summed E-state index contributed by atoms with van der Waals surface area (Å²) < 4.78 is 10.9. The van der Waals surface area contributed by atoms with Gasteiger partial charge in [-0.1, -0.05) is 13.0 Å². The fourth-order valence-electron chi connectivity index (χ4n) is 5.92. The molecule has 1 saturated heterocycles. The van der Waals surface area contributed by atoms with Crippen molar-refractivity contribution < 1.29 is 19.1 Å². The number of Topliss-reactive ketones (excluding diaryl/α,β-unsaturated/α-hetero) is 1. The number of pyridine rings is 1. The van der Waals surface area contributed by atoms with Crippen LogP contribution in [0.5, 0.6) is 5.75 Å². The van der Waals surface area contributed by atoms with Crippen molar-refractivity contribution in [3.8, 4) is 5.75 Å². The van der Waals surface area contributed by atoms with Crippen LogP contribution in [0.3, 0.4) is 0 Å². The van der Waals surface area contributed by atoms with Gasteiger partial charge in [-0.15, -0.1) is 0 Å². The lowest BCUT2D eigenvalue weighted by atomic mass is 9.92. The van der Waals surface area contributed by atoms with Gasteiger partial charge >= 0.3 is 5.97 Å². The first-order chi connectivity index (χ1) is 21.2. The highest BCUT2D eigenvalue weighted by atomic mass is 16.6. The number of aryl methyl sites for hydroxylation is 1. The number of fused-ring (bicyclic) bond motifs is 1. The summed E-state index contributed by atoms with van der Waals surface area (Å²) in [6, 6.07) is 11.2. The normalized spacial score (nSPS) is 16.0. The molecule has 1 aromatic carbocycles. The minimum Gasteiger partial charge on any atom is -0.497 e. The number of carbonyl (C=O) groups excluding carboxylic acids is 2. The highest BCUT2D eigenvalue weighted by Crippen LogP contribution is 2.33. The fourth-order valence-corrected chi connectivity index (χ4v) is 5.92. The fraction of sp³-hybridized carbons (Fsp3) is 0.500. The molecule has 3 aromatic rings. The van der Waals surface area contributed by atoms with Gasteiger partial charge in [0.15, 0.2) is 5.78 Å². The van der Waals surface area contributed by atoms with Crippen molar-refractivity contribution in [3.63, 3.8) is 0 Å². The Morgan fingerprint density at radius 3 is 2.52 bits per heavy atom. The van der Waals surface area contributed by atoms with E-state index in [0.717, 1.165) is 68.2 Å². The molecule has 0 bridgehead atoms. The molecule has 2 aliphatic rings. The molecule has 234 valence electrons. The predicted octanol–water partition coefficient (Wildman–Crippen LogP) is 5.44. The van der Waals surface area contributed by atoms with Crippen LogP contribution in [-0.2, 0) is 22.4 Å². The molecule has 2 N–H and O–H groups in total. The maximum Gasteiger partial charge on any atom is 0.319 e. The monoisotopic (exact) mass is 600 g/mol. The first-order valence-electron chi connectivity index (χ1n) is 15.6. The number of ether oxygens (including phenoxy) is 2. The molecule has 1 unspecified atom stereocenters. The Labute approximate surface area is 260 Å². The second kappa shape index (κ2) is 13.6. The lowest BCUT2D eigenvalue weighted by Gasteiger charge is -2.34. The summed E-state index contributed by atoms with van der Waals surface area (Å²) in [6.45, 7) is 10.2. The Hall–Kier alpha value is -4.21. The number of nitrogens with zero attached hydrogens (tertiary/aromatic N) is 4. The molecule has 10 heteroatoms. The standard InChI is InChI=1S/C34H44N6O4/c1-6-26-31(36-20-27(33(42)44-34(2,3)4)29(41)23-9-12-25(43-5)13-10-23)37-21-38-32(26)40-18-15-22(16-19-40)28-14-11-24-8-7-17-35-30(24)39-28/h9-14,21-22,27H,6-8,15-20H2,1-5H3,(H,35,39)(H,36,37,38). The summed E-state index contributed by atoms with van der Waals surface area (Å²) in [5.41, 5.74) is 3.11. The number of aromatic nitrogens is 3. The number of carbonyl (C=O) groups is 2. The van der Waals surface area contributed by atoms with Gasteiger partial charge in [0.1, 0.15) is 41.0 Å². The third-order valence-corrected chi connectivity index (χ3v) is 8.26. The lowest BCUT2D eigenvalue weighted by Crippen LogP contribution is -2.37. The van der Waals surface area contributed by atoms with Crippen LogP contribution < -0.4 is 20.3 Å². The molecule has 0 aliphatic carbocycles. The molecule has 1 atom stereocenters. The number of benzene rings is 1. The van der Waals surface area contributed by atoms with Crippen LogP contribution in [-0.4, -0.2) is 65.6 Å². The van der Waals surface area contributed by atoms with Gasteiger partial charge in [-0.25, -0.2) is 15.0 Å². The van der Waals surface area contributed by atoms with E-state index in [1.54, 1.807) is 58.5 Å². The van der Waals surface area contributed by atoms with Gasteiger partial charge in [-0.2, -0.15) is 0 Å². The molecule has 1 fully saturated rings. The molecule has 0 spiro atoms. The molecular weight excluding hydrogens is 556 g/mol. The molecule has 2 aromatic heterocycles. The highest BCUT2D eigenvalue weighted by Gasteiger charge is 2.33. The summed E-state index contributed by atoms with van der Waals surface area (Å²) in [6.07, 6.45) is 6.46. The predicted molar refractivity (Wildman–Crippen MR) is 172 cm³/mol. The van der Waals surface area contributed by atoms with Gasteiger partial charge in [0.05, 0.1) is 7.11 Å². The van der Waals surface area contributed by atoms with Gasteiger partial charge < -0.3 is 25.0 Å². The molecular formula is C34H44N6O4. The van der Waals surface area contributed by atoms with Crippen molar-refractivity contribution in [3.05, 3.63) is 65.1 Å². The van der Waals surface area contributed by atoms with Crippen LogP contribution in [0.1, 0.15) is 80.1 Å². The van der Waals surface area contributed by atoms with E-state index in [4.69, 9.17) is 14.5 Å². The van der Waals surface area contributed by atoms with Crippen LogP contribution in [0.2, 0.25) is 0 Å². The summed E-state index contributed by atoms with van der Waals surface area (Å²) >= 11 is 0. The summed E-state index contributed by atoms with van der Waals surface area (Å²) in [5, 5.41) is 6.76. The van der Waals surface area contributed by atoms with Gasteiger partial charge in [-0.3, -0.25) is 9.59 Å².